The van der Waals surface area contributed by atoms with E-state index in [0.29, 0.717) is 0 Å². The van der Waals surface area contributed by atoms with Crippen LogP contribution in [0.5, 0.6) is 0 Å². The van der Waals surface area contributed by atoms with E-state index in [9.17, 15) is 0 Å². The highest BCUT2D eigenvalue weighted by molar-refractivity contribution is 4.66. The third kappa shape index (κ3) is 9.36. The summed E-state index contributed by atoms with van der Waals surface area (Å²) in [5.41, 5.74) is 0. The van der Waals surface area contributed by atoms with Crippen LogP contribution in [0.2, 0.25) is 0 Å². The highest BCUT2D eigenvalue weighted by Crippen LogP contribution is 2.14. The summed E-state index contributed by atoms with van der Waals surface area (Å²) in [4.78, 5) is 5.13. The number of morpholine rings is 2. The summed E-state index contributed by atoms with van der Waals surface area (Å²) in [6.07, 6.45) is 11.3. The first-order valence-electron chi connectivity index (χ1n) is 10.4. The molecule has 0 aromatic heterocycles. The Bertz CT molecular complexity index is 289. The molecule has 2 aliphatic rings. The maximum atomic E-state index is 5.42. The van der Waals surface area contributed by atoms with Crippen molar-refractivity contribution in [3.8, 4) is 0 Å². The van der Waals surface area contributed by atoms with Crippen molar-refractivity contribution in [2.24, 2.45) is 5.92 Å². The summed E-state index contributed by atoms with van der Waals surface area (Å²) in [5.74, 6) is 0.844. The quantitative estimate of drug-likeness (QED) is 0.508. The standard InChI is InChI=1S/C20H40N2O2/c1-20(19-22-13-17-24-18-14-22)9-7-5-3-2-4-6-8-10-21-11-15-23-16-12-21/h20H,2-19H2,1H3. The minimum atomic E-state index is 0.844. The van der Waals surface area contributed by atoms with Gasteiger partial charge in [-0.25, -0.2) is 0 Å². The van der Waals surface area contributed by atoms with Crippen LogP contribution in [0.15, 0.2) is 0 Å². The Morgan fingerprint density at radius 2 is 1.17 bits per heavy atom. The maximum Gasteiger partial charge on any atom is 0.0594 e. The largest absolute Gasteiger partial charge is 0.379 e. The molecule has 2 heterocycles. The first kappa shape index (κ1) is 20.2. The van der Waals surface area contributed by atoms with Crippen LogP contribution in [0.1, 0.15) is 58.3 Å². The zero-order chi connectivity index (χ0) is 16.9. The van der Waals surface area contributed by atoms with Gasteiger partial charge in [0.1, 0.15) is 0 Å². The molecule has 0 spiro atoms. The summed E-state index contributed by atoms with van der Waals surface area (Å²) < 4.78 is 10.8. The first-order valence-corrected chi connectivity index (χ1v) is 10.4. The molecule has 0 N–H and O–H groups in total. The lowest BCUT2D eigenvalue weighted by Gasteiger charge is -2.29. The van der Waals surface area contributed by atoms with Crippen molar-refractivity contribution in [3.63, 3.8) is 0 Å². The van der Waals surface area contributed by atoms with Crippen LogP contribution in [0.25, 0.3) is 0 Å². The minimum Gasteiger partial charge on any atom is -0.379 e. The van der Waals surface area contributed by atoms with Crippen LogP contribution in [-0.2, 0) is 9.47 Å². The van der Waals surface area contributed by atoms with Crippen molar-refractivity contribution in [2.75, 3.05) is 65.7 Å². The second kappa shape index (κ2) is 13.1. The molecule has 2 fully saturated rings. The maximum absolute atomic E-state index is 5.42. The Hall–Kier alpha value is -0.160. The van der Waals surface area contributed by atoms with E-state index in [0.717, 1.165) is 58.5 Å². The fourth-order valence-electron chi connectivity index (χ4n) is 3.85. The van der Waals surface area contributed by atoms with Gasteiger partial charge in [-0.3, -0.25) is 9.80 Å². The van der Waals surface area contributed by atoms with E-state index in [-0.39, 0.29) is 0 Å². The average Bonchev–Trinajstić information content (AvgIpc) is 2.62. The normalized spacial score (nSPS) is 21.9. The van der Waals surface area contributed by atoms with E-state index in [1.165, 1.54) is 64.5 Å². The van der Waals surface area contributed by atoms with Crippen LogP contribution in [0, 0.1) is 5.92 Å². The van der Waals surface area contributed by atoms with Gasteiger partial charge in [0.2, 0.25) is 0 Å². The number of unbranched alkanes of at least 4 members (excludes halogenated alkanes) is 6. The fourth-order valence-corrected chi connectivity index (χ4v) is 3.85. The van der Waals surface area contributed by atoms with Crippen LogP contribution in [0.4, 0.5) is 0 Å². The van der Waals surface area contributed by atoms with Crippen molar-refractivity contribution in [1.82, 2.24) is 9.80 Å². The van der Waals surface area contributed by atoms with Crippen molar-refractivity contribution in [3.05, 3.63) is 0 Å². The monoisotopic (exact) mass is 340 g/mol. The van der Waals surface area contributed by atoms with Crippen LogP contribution in [0.3, 0.4) is 0 Å². The molecule has 24 heavy (non-hydrogen) atoms. The van der Waals surface area contributed by atoms with Gasteiger partial charge in [0.15, 0.2) is 0 Å². The molecule has 2 aliphatic heterocycles. The molecule has 0 aliphatic carbocycles. The van der Waals surface area contributed by atoms with Gasteiger partial charge in [0.25, 0.3) is 0 Å². The lowest BCUT2D eigenvalue weighted by Crippen LogP contribution is -2.38. The summed E-state index contributed by atoms with van der Waals surface area (Å²) in [7, 11) is 0. The van der Waals surface area contributed by atoms with Gasteiger partial charge in [-0.1, -0.05) is 45.4 Å². The molecule has 0 saturated carbocycles. The molecule has 1 unspecified atom stereocenters. The number of nitrogens with zero attached hydrogens (tertiary/aromatic N) is 2. The number of hydrogen-bond acceptors (Lipinski definition) is 4. The van der Waals surface area contributed by atoms with Crippen LogP contribution < -0.4 is 0 Å². The topological polar surface area (TPSA) is 24.9 Å². The van der Waals surface area contributed by atoms with Gasteiger partial charge in [-0.2, -0.15) is 0 Å². The van der Waals surface area contributed by atoms with Crippen LogP contribution >= 0.6 is 0 Å². The molecular formula is C20H40N2O2. The SMILES string of the molecule is CC(CCCCCCCCCN1CCOCC1)CN1CCOCC1. The molecule has 142 valence electrons. The molecule has 0 radical (unpaired) electrons. The number of ether oxygens (including phenoxy) is 2. The van der Waals surface area contributed by atoms with E-state index in [1.807, 2.05) is 0 Å². The van der Waals surface area contributed by atoms with Crippen LogP contribution in [-0.4, -0.2) is 75.5 Å². The zero-order valence-corrected chi connectivity index (χ0v) is 16.0. The highest BCUT2D eigenvalue weighted by Gasteiger charge is 2.13. The second-order valence-corrected chi connectivity index (χ2v) is 7.74. The Balaban J connectivity index is 1.32. The Morgan fingerprint density at radius 1 is 0.667 bits per heavy atom. The summed E-state index contributed by atoms with van der Waals surface area (Å²) in [6, 6.07) is 0. The Labute approximate surface area is 149 Å². The molecule has 4 nitrogen and oxygen atoms in total. The van der Waals surface area contributed by atoms with Gasteiger partial charge in [-0.15, -0.1) is 0 Å². The predicted octanol–water partition coefficient (Wildman–Crippen LogP) is 3.41. The zero-order valence-electron chi connectivity index (χ0n) is 16.0. The predicted molar refractivity (Wildman–Crippen MR) is 101 cm³/mol. The minimum absolute atomic E-state index is 0.844. The van der Waals surface area contributed by atoms with Gasteiger partial charge in [0.05, 0.1) is 26.4 Å². The third-order valence-electron chi connectivity index (χ3n) is 5.45. The van der Waals surface area contributed by atoms with Gasteiger partial charge in [0, 0.05) is 32.7 Å². The van der Waals surface area contributed by atoms with Gasteiger partial charge >= 0.3 is 0 Å². The lowest BCUT2D eigenvalue weighted by atomic mass is 10.0. The number of rotatable bonds is 12. The summed E-state index contributed by atoms with van der Waals surface area (Å²) in [5, 5.41) is 0. The highest BCUT2D eigenvalue weighted by atomic mass is 16.5. The molecule has 0 bridgehead atoms. The fraction of sp³-hybridized carbons (Fsp3) is 1.00. The average molecular weight is 341 g/mol. The van der Waals surface area contributed by atoms with Crippen molar-refractivity contribution in [2.45, 2.75) is 58.3 Å². The molecular weight excluding hydrogens is 300 g/mol. The second-order valence-electron chi connectivity index (χ2n) is 7.74. The van der Waals surface area contributed by atoms with E-state index in [2.05, 4.69) is 16.7 Å². The Morgan fingerprint density at radius 3 is 1.79 bits per heavy atom. The van der Waals surface area contributed by atoms with Gasteiger partial charge in [-0.05, 0) is 25.3 Å². The molecule has 1 atom stereocenters. The Kier molecular flexibility index (Phi) is 11.0. The van der Waals surface area contributed by atoms with Crippen molar-refractivity contribution >= 4 is 0 Å². The smallest absolute Gasteiger partial charge is 0.0594 e. The van der Waals surface area contributed by atoms with Crippen molar-refractivity contribution in [1.29, 1.82) is 0 Å². The third-order valence-corrected chi connectivity index (χ3v) is 5.45. The van der Waals surface area contributed by atoms with E-state index in [1.54, 1.807) is 0 Å². The van der Waals surface area contributed by atoms with Gasteiger partial charge < -0.3 is 9.47 Å². The van der Waals surface area contributed by atoms with E-state index in [4.69, 9.17) is 9.47 Å². The molecule has 4 heteroatoms. The summed E-state index contributed by atoms with van der Waals surface area (Å²) >= 11 is 0. The molecule has 0 amide bonds. The van der Waals surface area contributed by atoms with Crippen molar-refractivity contribution < 1.29 is 9.47 Å². The van der Waals surface area contributed by atoms with E-state index < -0.39 is 0 Å². The molecule has 2 rings (SSSR count). The summed E-state index contributed by atoms with van der Waals surface area (Å²) in [6.45, 7) is 13.2. The molecule has 0 aromatic rings. The molecule has 2 saturated heterocycles. The number of hydrogen-bond donors (Lipinski definition) is 0. The first-order chi connectivity index (χ1) is 11.8. The van der Waals surface area contributed by atoms with E-state index >= 15 is 0 Å². The lowest BCUT2D eigenvalue weighted by molar-refractivity contribution is 0.0311. The molecule has 0 aromatic carbocycles.